The molecule has 0 saturated carbocycles. The van der Waals surface area contributed by atoms with E-state index in [0.29, 0.717) is 0 Å². The number of benzene rings is 2. The van der Waals surface area contributed by atoms with Crippen molar-refractivity contribution >= 4 is 17.4 Å². The van der Waals surface area contributed by atoms with Gasteiger partial charge in [-0.1, -0.05) is 12.1 Å². The summed E-state index contributed by atoms with van der Waals surface area (Å²) in [6.45, 7) is 3.96. The molecule has 2 aromatic rings. The van der Waals surface area contributed by atoms with Gasteiger partial charge in [0.15, 0.2) is 0 Å². The molecule has 0 aliphatic rings. The molecule has 94 valence electrons. The van der Waals surface area contributed by atoms with Crippen molar-refractivity contribution in [3.8, 4) is 0 Å². The predicted molar refractivity (Wildman–Crippen MR) is 76.3 cm³/mol. The normalized spacial score (nSPS) is 10.6. The van der Waals surface area contributed by atoms with Crippen LogP contribution in [0.5, 0.6) is 0 Å². The zero-order valence-corrected chi connectivity index (χ0v) is 11.4. The Bertz CT molecular complexity index is 566. The monoisotopic (exact) mass is 261 g/mol. The number of rotatable bonds is 3. The Morgan fingerprint density at radius 3 is 2.67 bits per heavy atom. The highest BCUT2D eigenvalue weighted by molar-refractivity contribution is 7.98. The topological polar surface area (TPSA) is 26.0 Å². The number of nitrogens with two attached hydrogens (primary N) is 1. The second-order valence-corrected chi connectivity index (χ2v) is 5.35. The van der Waals surface area contributed by atoms with Crippen molar-refractivity contribution in [1.29, 1.82) is 0 Å². The van der Waals surface area contributed by atoms with E-state index in [0.717, 1.165) is 28.1 Å². The van der Waals surface area contributed by atoms with E-state index in [-0.39, 0.29) is 5.82 Å². The van der Waals surface area contributed by atoms with E-state index >= 15 is 0 Å². The van der Waals surface area contributed by atoms with Crippen molar-refractivity contribution in [3.63, 3.8) is 0 Å². The number of halogens is 1. The quantitative estimate of drug-likeness (QED) is 0.658. The van der Waals surface area contributed by atoms with Crippen LogP contribution in [0.25, 0.3) is 0 Å². The highest BCUT2D eigenvalue weighted by Crippen LogP contribution is 2.29. The molecular formula is C15H16FNS. The summed E-state index contributed by atoms with van der Waals surface area (Å²) < 4.78 is 13.0. The van der Waals surface area contributed by atoms with E-state index in [4.69, 9.17) is 5.73 Å². The number of hydrogen-bond acceptors (Lipinski definition) is 2. The molecule has 0 bridgehead atoms. The molecule has 0 atom stereocenters. The van der Waals surface area contributed by atoms with Crippen LogP contribution in [-0.2, 0) is 5.75 Å². The molecule has 3 heteroatoms. The largest absolute Gasteiger partial charge is 0.398 e. The molecule has 0 saturated heterocycles. The lowest BCUT2D eigenvalue weighted by molar-refractivity contribution is 0.626. The second-order valence-electron chi connectivity index (χ2n) is 4.33. The van der Waals surface area contributed by atoms with Crippen molar-refractivity contribution in [2.75, 3.05) is 5.73 Å². The average Bonchev–Trinajstić information content (AvgIpc) is 2.33. The van der Waals surface area contributed by atoms with Crippen LogP contribution in [0.2, 0.25) is 0 Å². The minimum Gasteiger partial charge on any atom is -0.398 e. The fourth-order valence-electron chi connectivity index (χ4n) is 1.76. The predicted octanol–water partition coefficient (Wildman–Crippen LogP) is 4.32. The van der Waals surface area contributed by atoms with Gasteiger partial charge < -0.3 is 5.73 Å². The van der Waals surface area contributed by atoms with Gasteiger partial charge in [-0.15, -0.1) is 11.8 Å². The zero-order valence-electron chi connectivity index (χ0n) is 10.5. The fraction of sp³-hybridized carbons (Fsp3) is 0.200. The SMILES string of the molecule is Cc1cc(F)ccc1CSc1cccc(N)c1C. The minimum absolute atomic E-state index is 0.179. The summed E-state index contributed by atoms with van der Waals surface area (Å²) in [5, 5.41) is 0. The first kappa shape index (κ1) is 13.0. The van der Waals surface area contributed by atoms with Crippen LogP contribution in [0.15, 0.2) is 41.3 Å². The molecule has 2 aromatic carbocycles. The Kier molecular flexibility index (Phi) is 3.92. The molecule has 2 N–H and O–H groups in total. The number of aryl methyl sites for hydroxylation is 1. The van der Waals surface area contributed by atoms with Crippen molar-refractivity contribution < 1.29 is 4.39 Å². The third-order valence-electron chi connectivity index (χ3n) is 3.01. The first-order valence-electron chi connectivity index (χ1n) is 5.81. The van der Waals surface area contributed by atoms with Crippen LogP contribution < -0.4 is 5.73 Å². The molecule has 0 aliphatic heterocycles. The van der Waals surface area contributed by atoms with Crippen LogP contribution in [0.4, 0.5) is 10.1 Å². The molecule has 2 rings (SSSR count). The first-order chi connectivity index (χ1) is 8.58. The van der Waals surface area contributed by atoms with Gasteiger partial charge >= 0.3 is 0 Å². The van der Waals surface area contributed by atoms with Gasteiger partial charge in [0.2, 0.25) is 0 Å². The van der Waals surface area contributed by atoms with Gasteiger partial charge in [-0.05, 0) is 54.8 Å². The van der Waals surface area contributed by atoms with E-state index < -0.39 is 0 Å². The Hall–Kier alpha value is -1.48. The van der Waals surface area contributed by atoms with E-state index in [2.05, 4.69) is 6.07 Å². The number of nitrogen functional groups attached to an aromatic ring is 1. The maximum absolute atomic E-state index is 13.0. The van der Waals surface area contributed by atoms with Gasteiger partial charge in [0.1, 0.15) is 5.82 Å². The number of anilines is 1. The lowest BCUT2D eigenvalue weighted by atomic mass is 10.1. The smallest absolute Gasteiger partial charge is 0.123 e. The summed E-state index contributed by atoms with van der Waals surface area (Å²) in [5.41, 5.74) is 9.95. The second kappa shape index (κ2) is 5.44. The van der Waals surface area contributed by atoms with Gasteiger partial charge in [0, 0.05) is 16.3 Å². The molecule has 0 spiro atoms. The van der Waals surface area contributed by atoms with Gasteiger partial charge in [-0.3, -0.25) is 0 Å². The van der Waals surface area contributed by atoms with E-state index in [1.807, 2.05) is 32.0 Å². The maximum atomic E-state index is 13.0. The molecule has 0 unspecified atom stereocenters. The number of thioether (sulfide) groups is 1. The summed E-state index contributed by atoms with van der Waals surface area (Å²) in [5.74, 6) is 0.650. The molecule has 0 aliphatic carbocycles. The van der Waals surface area contributed by atoms with E-state index in [9.17, 15) is 4.39 Å². The molecule has 0 heterocycles. The Morgan fingerprint density at radius 2 is 1.94 bits per heavy atom. The van der Waals surface area contributed by atoms with E-state index in [1.165, 1.54) is 11.0 Å². The summed E-state index contributed by atoms with van der Waals surface area (Å²) >= 11 is 1.73. The summed E-state index contributed by atoms with van der Waals surface area (Å²) in [7, 11) is 0. The fourth-order valence-corrected chi connectivity index (χ4v) is 2.91. The van der Waals surface area contributed by atoms with Crippen LogP contribution in [0, 0.1) is 19.7 Å². The van der Waals surface area contributed by atoms with Crippen molar-refractivity contribution in [3.05, 3.63) is 58.9 Å². The third-order valence-corrected chi connectivity index (χ3v) is 4.22. The van der Waals surface area contributed by atoms with Crippen LogP contribution in [0.3, 0.4) is 0 Å². The molecule has 18 heavy (non-hydrogen) atoms. The van der Waals surface area contributed by atoms with Crippen molar-refractivity contribution in [2.24, 2.45) is 0 Å². The standard InChI is InChI=1S/C15H16FNS/c1-10-8-13(16)7-6-12(10)9-18-15-5-3-4-14(17)11(15)2/h3-8H,9,17H2,1-2H3. The van der Waals surface area contributed by atoms with Crippen molar-refractivity contribution in [1.82, 2.24) is 0 Å². The summed E-state index contributed by atoms with van der Waals surface area (Å²) in [6, 6.07) is 10.9. The van der Waals surface area contributed by atoms with Crippen molar-refractivity contribution in [2.45, 2.75) is 24.5 Å². The van der Waals surface area contributed by atoms with Gasteiger partial charge in [0.25, 0.3) is 0 Å². The van der Waals surface area contributed by atoms with Gasteiger partial charge in [-0.25, -0.2) is 4.39 Å². The maximum Gasteiger partial charge on any atom is 0.123 e. The van der Waals surface area contributed by atoms with Gasteiger partial charge in [-0.2, -0.15) is 0 Å². The molecule has 0 radical (unpaired) electrons. The Morgan fingerprint density at radius 1 is 1.17 bits per heavy atom. The Labute approximate surface area is 111 Å². The summed E-state index contributed by atoms with van der Waals surface area (Å²) in [4.78, 5) is 1.18. The highest BCUT2D eigenvalue weighted by Gasteiger charge is 2.04. The third kappa shape index (κ3) is 2.85. The van der Waals surface area contributed by atoms with E-state index in [1.54, 1.807) is 17.8 Å². The minimum atomic E-state index is -0.179. The molecule has 1 nitrogen and oxygen atoms in total. The Balaban J connectivity index is 2.14. The van der Waals surface area contributed by atoms with Gasteiger partial charge in [0.05, 0.1) is 0 Å². The first-order valence-corrected chi connectivity index (χ1v) is 6.79. The van der Waals surface area contributed by atoms with Crippen LogP contribution >= 0.6 is 11.8 Å². The average molecular weight is 261 g/mol. The number of hydrogen-bond donors (Lipinski definition) is 1. The molecular weight excluding hydrogens is 245 g/mol. The highest BCUT2D eigenvalue weighted by atomic mass is 32.2. The molecule has 0 amide bonds. The molecule has 0 aromatic heterocycles. The lowest BCUT2D eigenvalue weighted by Gasteiger charge is -2.09. The van der Waals surface area contributed by atoms with Crippen LogP contribution in [0.1, 0.15) is 16.7 Å². The lowest BCUT2D eigenvalue weighted by Crippen LogP contribution is -1.92. The zero-order chi connectivity index (χ0) is 13.1. The molecule has 0 fully saturated rings. The summed E-state index contributed by atoms with van der Waals surface area (Å²) in [6.07, 6.45) is 0. The van der Waals surface area contributed by atoms with Crippen LogP contribution in [-0.4, -0.2) is 0 Å².